The number of aromatic nitrogens is 1. The summed E-state index contributed by atoms with van der Waals surface area (Å²) in [6.07, 6.45) is 2.52. The molecule has 112 valence electrons. The van der Waals surface area contributed by atoms with Crippen molar-refractivity contribution in [3.8, 4) is 0 Å². The molecule has 7 nitrogen and oxygen atoms in total. The van der Waals surface area contributed by atoms with Gasteiger partial charge in [-0.2, -0.15) is 4.31 Å². The lowest BCUT2D eigenvalue weighted by molar-refractivity contribution is 0.0698. The van der Waals surface area contributed by atoms with Gasteiger partial charge < -0.3 is 9.32 Å². The van der Waals surface area contributed by atoms with Crippen LogP contribution in [-0.2, 0) is 10.0 Å². The Bertz CT molecular complexity index is 776. The molecular weight excluding hydrogens is 294 g/mol. The van der Waals surface area contributed by atoms with Gasteiger partial charge in [0.25, 0.3) is 5.91 Å². The second-order valence-electron chi connectivity index (χ2n) is 4.99. The number of carbonyl (C=O) groups is 1. The Kier molecular flexibility index (Phi) is 3.42. The highest BCUT2D eigenvalue weighted by atomic mass is 32.2. The SMILES string of the molecule is CS(=O)(=O)N1CCN(C(=O)c2ccc3ocnc3c2)CC1. The topological polar surface area (TPSA) is 83.7 Å². The van der Waals surface area contributed by atoms with E-state index >= 15 is 0 Å². The predicted molar refractivity (Wildman–Crippen MR) is 76.3 cm³/mol. The van der Waals surface area contributed by atoms with E-state index in [-0.39, 0.29) is 5.91 Å². The van der Waals surface area contributed by atoms with Crippen LogP contribution in [0.5, 0.6) is 0 Å². The number of benzene rings is 1. The highest BCUT2D eigenvalue weighted by Gasteiger charge is 2.26. The first-order valence-corrected chi connectivity index (χ1v) is 8.37. The van der Waals surface area contributed by atoms with Gasteiger partial charge in [0.1, 0.15) is 5.52 Å². The minimum absolute atomic E-state index is 0.118. The maximum absolute atomic E-state index is 12.4. The van der Waals surface area contributed by atoms with E-state index in [9.17, 15) is 13.2 Å². The Morgan fingerprint density at radius 1 is 1.24 bits per heavy atom. The van der Waals surface area contributed by atoms with Crippen molar-refractivity contribution in [2.75, 3.05) is 32.4 Å². The lowest BCUT2D eigenvalue weighted by atomic mass is 10.1. The number of sulfonamides is 1. The minimum atomic E-state index is -3.19. The fourth-order valence-electron chi connectivity index (χ4n) is 2.40. The molecule has 1 saturated heterocycles. The van der Waals surface area contributed by atoms with Crippen molar-refractivity contribution in [3.05, 3.63) is 30.2 Å². The van der Waals surface area contributed by atoms with Gasteiger partial charge in [-0.1, -0.05) is 0 Å². The molecule has 1 aliphatic heterocycles. The van der Waals surface area contributed by atoms with E-state index in [4.69, 9.17) is 4.42 Å². The molecule has 0 N–H and O–H groups in total. The van der Waals surface area contributed by atoms with Gasteiger partial charge in [0.05, 0.1) is 6.26 Å². The molecule has 0 bridgehead atoms. The summed E-state index contributed by atoms with van der Waals surface area (Å²) in [5.74, 6) is -0.118. The van der Waals surface area contributed by atoms with Crippen molar-refractivity contribution < 1.29 is 17.6 Å². The predicted octanol–water partition coefficient (Wildman–Crippen LogP) is 0.545. The fraction of sp³-hybridized carbons (Fsp3) is 0.385. The lowest BCUT2D eigenvalue weighted by Gasteiger charge is -2.33. The zero-order valence-electron chi connectivity index (χ0n) is 11.5. The highest BCUT2D eigenvalue weighted by Crippen LogP contribution is 2.17. The van der Waals surface area contributed by atoms with Gasteiger partial charge in [-0.3, -0.25) is 4.79 Å². The summed E-state index contributed by atoms with van der Waals surface area (Å²) >= 11 is 0. The summed E-state index contributed by atoms with van der Waals surface area (Å²) in [4.78, 5) is 18.1. The number of amides is 1. The maximum atomic E-state index is 12.4. The quantitative estimate of drug-likeness (QED) is 0.808. The number of piperazine rings is 1. The summed E-state index contributed by atoms with van der Waals surface area (Å²) in [5.41, 5.74) is 1.80. The number of hydrogen-bond donors (Lipinski definition) is 0. The molecule has 0 atom stereocenters. The van der Waals surface area contributed by atoms with Crippen LogP contribution in [0.4, 0.5) is 0 Å². The van der Waals surface area contributed by atoms with Gasteiger partial charge >= 0.3 is 0 Å². The monoisotopic (exact) mass is 309 g/mol. The summed E-state index contributed by atoms with van der Waals surface area (Å²) < 4.78 is 29.4. The van der Waals surface area contributed by atoms with E-state index in [0.29, 0.717) is 42.8 Å². The average Bonchev–Trinajstić information content (AvgIpc) is 2.93. The van der Waals surface area contributed by atoms with E-state index in [1.54, 1.807) is 23.1 Å². The number of fused-ring (bicyclic) bond motifs is 1. The van der Waals surface area contributed by atoms with E-state index in [1.807, 2.05) is 0 Å². The highest BCUT2D eigenvalue weighted by molar-refractivity contribution is 7.88. The maximum Gasteiger partial charge on any atom is 0.254 e. The number of carbonyl (C=O) groups excluding carboxylic acids is 1. The molecule has 1 amide bonds. The Morgan fingerprint density at radius 3 is 2.62 bits per heavy atom. The van der Waals surface area contributed by atoms with Crippen LogP contribution in [0.1, 0.15) is 10.4 Å². The van der Waals surface area contributed by atoms with Crippen LogP contribution >= 0.6 is 0 Å². The normalized spacial score (nSPS) is 17.3. The molecule has 2 heterocycles. The third-order valence-electron chi connectivity index (χ3n) is 3.57. The van der Waals surface area contributed by atoms with Crippen LogP contribution in [0.3, 0.4) is 0 Å². The minimum Gasteiger partial charge on any atom is -0.443 e. The molecule has 1 aromatic heterocycles. The third kappa shape index (κ3) is 2.77. The van der Waals surface area contributed by atoms with Crippen LogP contribution in [0.25, 0.3) is 11.1 Å². The Balaban J connectivity index is 1.74. The number of hydrogen-bond acceptors (Lipinski definition) is 5. The molecule has 0 unspecified atom stereocenters. The van der Waals surface area contributed by atoms with Crippen LogP contribution < -0.4 is 0 Å². The van der Waals surface area contributed by atoms with Gasteiger partial charge in [-0.15, -0.1) is 0 Å². The smallest absolute Gasteiger partial charge is 0.254 e. The Morgan fingerprint density at radius 2 is 1.95 bits per heavy atom. The standard InChI is InChI=1S/C13H15N3O4S/c1-21(18,19)16-6-4-15(5-7-16)13(17)10-2-3-12-11(8-10)14-9-20-12/h2-3,8-9H,4-7H2,1H3. The number of rotatable bonds is 2. The Labute approximate surface area is 122 Å². The lowest BCUT2D eigenvalue weighted by Crippen LogP contribution is -2.50. The molecular formula is C13H15N3O4S. The second-order valence-corrected chi connectivity index (χ2v) is 6.97. The van der Waals surface area contributed by atoms with Gasteiger partial charge in [0.15, 0.2) is 12.0 Å². The van der Waals surface area contributed by atoms with Gasteiger partial charge in [-0.25, -0.2) is 13.4 Å². The molecule has 0 aliphatic carbocycles. The Hall–Kier alpha value is -1.93. The van der Waals surface area contributed by atoms with Crippen molar-refractivity contribution in [2.45, 2.75) is 0 Å². The molecule has 21 heavy (non-hydrogen) atoms. The fourth-order valence-corrected chi connectivity index (χ4v) is 3.22. The molecule has 1 fully saturated rings. The van der Waals surface area contributed by atoms with Crippen molar-refractivity contribution in [1.82, 2.24) is 14.2 Å². The first-order chi connectivity index (χ1) is 9.95. The number of oxazole rings is 1. The van der Waals surface area contributed by atoms with E-state index in [0.717, 1.165) is 0 Å². The van der Waals surface area contributed by atoms with Crippen LogP contribution in [-0.4, -0.2) is 60.9 Å². The van der Waals surface area contributed by atoms with Crippen molar-refractivity contribution in [2.24, 2.45) is 0 Å². The van der Waals surface area contributed by atoms with E-state index in [2.05, 4.69) is 4.98 Å². The first kappa shape index (κ1) is 14.0. The molecule has 1 aromatic carbocycles. The summed E-state index contributed by atoms with van der Waals surface area (Å²) in [5, 5.41) is 0. The molecule has 2 aromatic rings. The van der Waals surface area contributed by atoms with Crippen molar-refractivity contribution >= 4 is 27.0 Å². The second kappa shape index (κ2) is 5.12. The largest absolute Gasteiger partial charge is 0.443 e. The first-order valence-electron chi connectivity index (χ1n) is 6.53. The van der Waals surface area contributed by atoms with Crippen LogP contribution in [0.15, 0.2) is 29.0 Å². The van der Waals surface area contributed by atoms with E-state index in [1.165, 1.54) is 17.0 Å². The van der Waals surface area contributed by atoms with Crippen LogP contribution in [0, 0.1) is 0 Å². The molecule has 0 saturated carbocycles. The average molecular weight is 309 g/mol. The summed E-state index contributed by atoms with van der Waals surface area (Å²) in [6.45, 7) is 1.44. The molecule has 8 heteroatoms. The van der Waals surface area contributed by atoms with Crippen LogP contribution in [0.2, 0.25) is 0 Å². The number of nitrogens with zero attached hydrogens (tertiary/aromatic N) is 3. The van der Waals surface area contributed by atoms with Crippen molar-refractivity contribution in [3.63, 3.8) is 0 Å². The molecule has 0 spiro atoms. The molecule has 3 rings (SSSR count). The van der Waals surface area contributed by atoms with E-state index < -0.39 is 10.0 Å². The van der Waals surface area contributed by atoms with Gasteiger partial charge in [-0.05, 0) is 18.2 Å². The zero-order valence-corrected chi connectivity index (χ0v) is 12.3. The van der Waals surface area contributed by atoms with Gasteiger partial charge in [0, 0.05) is 31.7 Å². The van der Waals surface area contributed by atoms with Crippen molar-refractivity contribution in [1.29, 1.82) is 0 Å². The summed E-state index contributed by atoms with van der Waals surface area (Å²) in [6, 6.07) is 5.09. The zero-order chi connectivity index (χ0) is 15.0. The molecule has 0 radical (unpaired) electrons. The summed E-state index contributed by atoms with van der Waals surface area (Å²) in [7, 11) is -3.19. The van der Waals surface area contributed by atoms with Gasteiger partial charge in [0.2, 0.25) is 10.0 Å². The molecule has 1 aliphatic rings. The third-order valence-corrected chi connectivity index (χ3v) is 4.88.